The van der Waals surface area contributed by atoms with E-state index in [1.165, 1.54) is 0 Å². The van der Waals surface area contributed by atoms with Crippen molar-refractivity contribution in [3.05, 3.63) is 23.9 Å². The molecule has 0 spiro atoms. The summed E-state index contributed by atoms with van der Waals surface area (Å²) in [6.45, 7) is 4.76. The van der Waals surface area contributed by atoms with Gasteiger partial charge >= 0.3 is 0 Å². The second kappa shape index (κ2) is 6.56. The van der Waals surface area contributed by atoms with E-state index in [4.69, 9.17) is 4.74 Å². The molecule has 0 unspecified atom stereocenters. The average Bonchev–Trinajstić information content (AvgIpc) is 2.87. The number of likely N-dealkylation sites (tertiary alicyclic amines) is 1. The summed E-state index contributed by atoms with van der Waals surface area (Å²) in [5.74, 6) is 0.174. The first kappa shape index (κ1) is 15.3. The Morgan fingerprint density at radius 2 is 2.33 bits per heavy atom. The Bertz CT molecular complexity index is 531. The molecule has 2 heterocycles. The summed E-state index contributed by atoms with van der Waals surface area (Å²) < 4.78 is 5.14. The number of nitrogens with one attached hydrogen (secondary N) is 1. The lowest BCUT2D eigenvalue weighted by atomic mass is 10.1. The number of aromatic nitrogens is 1. The summed E-state index contributed by atoms with van der Waals surface area (Å²) in [6, 6.07) is 3.78. The average molecular weight is 291 g/mol. The van der Waals surface area contributed by atoms with Crippen molar-refractivity contribution in [2.75, 3.05) is 13.7 Å². The molecule has 1 aliphatic rings. The van der Waals surface area contributed by atoms with Crippen LogP contribution < -0.4 is 10.1 Å². The Kier molecular flexibility index (Phi) is 4.77. The van der Waals surface area contributed by atoms with Gasteiger partial charge in [-0.1, -0.05) is 6.07 Å². The summed E-state index contributed by atoms with van der Waals surface area (Å²) in [5, 5.41) is 2.86. The molecule has 1 aliphatic heterocycles. The van der Waals surface area contributed by atoms with E-state index < -0.39 is 0 Å². The summed E-state index contributed by atoms with van der Waals surface area (Å²) in [4.78, 5) is 29.8. The summed E-state index contributed by atoms with van der Waals surface area (Å²) in [5.41, 5.74) is 0.818. The molecule has 0 aromatic carbocycles. The Morgan fingerprint density at radius 1 is 1.57 bits per heavy atom. The van der Waals surface area contributed by atoms with Gasteiger partial charge < -0.3 is 15.0 Å². The summed E-state index contributed by atoms with van der Waals surface area (Å²) in [7, 11) is 1.55. The third-order valence-corrected chi connectivity index (χ3v) is 3.65. The lowest BCUT2D eigenvalue weighted by molar-refractivity contribution is -0.130. The van der Waals surface area contributed by atoms with Gasteiger partial charge in [-0.2, -0.15) is 0 Å². The number of pyridine rings is 1. The number of carbonyl (C=O) groups excluding carboxylic acids is 2. The zero-order chi connectivity index (χ0) is 15.4. The highest BCUT2D eigenvalue weighted by Gasteiger charge is 2.35. The molecule has 0 bridgehead atoms. The number of nitrogens with zero attached hydrogens (tertiary/aromatic N) is 2. The fourth-order valence-corrected chi connectivity index (χ4v) is 2.48. The Labute approximate surface area is 124 Å². The van der Waals surface area contributed by atoms with Crippen LogP contribution in [0.3, 0.4) is 0 Å². The van der Waals surface area contributed by atoms with Crippen molar-refractivity contribution in [3.8, 4) is 5.88 Å². The number of hydrogen-bond acceptors (Lipinski definition) is 4. The number of hydrogen-bond donors (Lipinski definition) is 1. The van der Waals surface area contributed by atoms with Gasteiger partial charge in [-0.25, -0.2) is 4.98 Å². The van der Waals surface area contributed by atoms with Crippen LogP contribution in [-0.2, 0) is 16.1 Å². The van der Waals surface area contributed by atoms with E-state index in [9.17, 15) is 9.59 Å². The van der Waals surface area contributed by atoms with Crippen molar-refractivity contribution in [3.63, 3.8) is 0 Å². The molecule has 1 aromatic rings. The van der Waals surface area contributed by atoms with Crippen molar-refractivity contribution < 1.29 is 14.3 Å². The number of ether oxygens (including phenoxy) is 1. The first-order valence-electron chi connectivity index (χ1n) is 7.08. The molecule has 1 fully saturated rings. The molecule has 1 aromatic heterocycles. The molecule has 1 N–H and O–H groups in total. The third-order valence-electron chi connectivity index (χ3n) is 3.65. The van der Waals surface area contributed by atoms with Crippen molar-refractivity contribution in [1.29, 1.82) is 0 Å². The van der Waals surface area contributed by atoms with Crippen LogP contribution in [0.4, 0.5) is 0 Å². The highest BCUT2D eigenvalue weighted by atomic mass is 16.5. The van der Waals surface area contributed by atoms with Gasteiger partial charge in [-0.3, -0.25) is 9.59 Å². The van der Waals surface area contributed by atoms with Gasteiger partial charge in [0.2, 0.25) is 17.7 Å². The van der Waals surface area contributed by atoms with E-state index in [-0.39, 0.29) is 30.2 Å². The highest BCUT2D eigenvalue weighted by molar-refractivity contribution is 5.89. The molecule has 114 valence electrons. The second-order valence-corrected chi connectivity index (χ2v) is 5.43. The van der Waals surface area contributed by atoms with E-state index in [0.29, 0.717) is 19.0 Å². The molecule has 6 nitrogen and oxygen atoms in total. The monoisotopic (exact) mass is 291 g/mol. The summed E-state index contributed by atoms with van der Waals surface area (Å²) in [6.07, 6.45) is 1.93. The number of methoxy groups -OCH3 is 1. The zero-order valence-electron chi connectivity index (χ0n) is 12.6. The lowest BCUT2D eigenvalue weighted by Crippen LogP contribution is -2.35. The predicted octanol–water partition coefficient (Wildman–Crippen LogP) is 0.963. The Hall–Kier alpha value is -2.11. The molecule has 2 rings (SSSR count). The second-order valence-electron chi connectivity index (χ2n) is 5.43. The highest BCUT2D eigenvalue weighted by Crippen LogP contribution is 2.20. The van der Waals surface area contributed by atoms with Crippen LogP contribution in [0.5, 0.6) is 5.88 Å². The molecule has 6 heteroatoms. The van der Waals surface area contributed by atoms with Crippen molar-refractivity contribution in [2.45, 2.75) is 32.9 Å². The van der Waals surface area contributed by atoms with Gasteiger partial charge in [0.15, 0.2) is 0 Å². The molecule has 1 atom stereocenters. The van der Waals surface area contributed by atoms with Crippen LogP contribution in [0.25, 0.3) is 0 Å². The van der Waals surface area contributed by atoms with Crippen molar-refractivity contribution in [1.82, 2.24) is 15.2 Å². The van der Waals surface area contributed by atoms with E-state index in [1.807, 2.05) is 19.9 Å². The molecule has 21 heavy (non-hydrogen) atoms. The first-order chi connectivity index (χ1) is 10.0. The molecule has 0 saturated carbocycles. The maximum absolute atomic E-state index is 12.2. The topological polar surface area (TPSA) is 71.5 Å². The normalized spacial score (nSPS) is 18.2. The minimum Gasteiger partial charge on any atom is -0.481 e. The van der Waals surface area contributed by atoms with Crippen LogP contribution in [0.2, 0.25) is 0 Å². The van der Waals surface area contributed by atoms with Crippen molar-refractivity contribution in [2.24, 2.45) is 5.92 Å². The fraction of sp³-hybridized carbons (Fsp3) is 0.533. The van der Waals surface area contributed by atoms with Gasteiger partial charge in [0.05, 0.1) is 13.0 Å². The predicted molar refractivity (Wildman–Crippen MR) is 77.6 cm³/mol. The van der Waals surface area contributed by atoms with E-state index in [2.05, 4.69) is 10.3 Å². The maximum Gasteiger partial charge on any atom is 0.225 e. The van der Waals surface area contributed by atoms with Crippen LogP contribution >= 0.6 is 0 Å². The lowest BCUT2D eigenvalue weighted by Gasteiger charge is -2.20. The van der Waals surface area contributed by atoms with Crippen molar-refractivity contribution >= 4 is 11.8 Å². The van der Waals surface area contributed by atoms with E-state index in [0.717, 1.165) is 5.56 Å². The molecular weight excluding hydrogens is 270 g/mol. The van der Waals surface area contributed by atoms with E-state index >= 15 is 0 Å². The zero-order valence-corrected chi connectivity index (χ0v) is 12.6. The smallest absolute Gasteiger partial charge is 0.225 e. The molecule has 0 radical (unpaired) electrons. The van der Waals surface area contributed by atoms with Gasteiger partial charge in [0.25, 0.3) is 0 Å². The van der Waals surface area contributed by atoms with Gasteiger partial charge in [-0.15, -0.1) is 0 Å². The maximum atomic E-state index is 12.2. The molecule has 0 aliphatic carbocycles. The van der Waals surface area contributed by atoms with E-state index in [1.54, 1.807) is 24.3 Å². The Morgan fingerprint density at radius 3 is 2.95 bits per heavy atom. The quantitative estimate of drug-likeness (QED) is 0.877. The van der Waals surface area contributed by atoms with Gasteiger partial charge in [0.1, 0.15) is 0 Å². The Balaban J connectivity index is 1.92. The minimum absolute atomic E-state index is 0.0455. The van der Waals surface area contributed by atoms with Crippen LogP contribution in [-0.4, -0.2) is 41.4 Å². The minimum atomic E-state index is -0.275. The number of amides is 2. The van der Waals surface area contributed by atoms with Gasteiger partial charge in [-0.05, 0) is 19.9 Å². The SMILES string of the molecule is COc1ncccc1CNC(=O)[C@@H]1CC(=O)N(C(C)C)C1. The molecule has 1 saturated heterocycles. The molecule has 2 amide bonds. The van der Waals surface area contributed by atoms with Crippen LogP contribution in [0, 0.1) is 5.92 Å². The summed E-state index contributed by atoms with van der Waals surface area (Å²) >= 11 is 0. The standard InChI is InChI=1S/C15H21N3O3/c1-10(2)18-9-12(7-13(18)19)14(20)17-8-11-5-4-6-16-15(11)21-3/h4-6,10,12H,7-9H2,1-3H3,(H,17,20)/t12-/m1/s1. The van der Waals surface area contributed by atoms with Crippen LogP contribution in [0.1, 0.15) is 25.8 Å². The first-order valence-corrected chi connectivity index (χ1v) is 7.08. The fourth-order valence-electron chi connectivity index (χ4n) is 2.48. The van der Waals surface area contributed by atoms with Crippen LogP contribution in [0.15, 0.2) is 18.3 Å². The van der Waals surface area contributed by atoms with Gasteiger partial charge in [0, 0.05) is 37.3 Å². The largest absolute Gasteiger partial charge is 0.481 e. The number of rotatable bonds is 5. The molecular formula is C15H21N3O3. The number of carbonyl (C=O) groups is 2. The third kappa shape index (κ3) is 3.51.